The van der Waals surface area contributed by atoms with Crippen LogP contribution >= 0.6 is 11.3 Å². The second-order valence-corrected chi connectivity index (χ2v) is 7.43. The maximum Gasteiger partial charge on any atom is 0.253 e. The fourth-order valence-electron chi connectivity index (χ4n) is 2.95. The van der Waals surface area contributed by atoms with E-state index in [4.69, 9.17) is 9.84 Å². The molecule has 1 atom stereocenters. The van der Waals surface area contributed by atoms with Gasteiger partial charge in [0.1, 0.15) is 18.5 Å². The largest absolute Gasteiger partial charge is 0.491 e. The van der Waals surface area contributed by atoms with Gasteiger partial charge in [-0.25, -0.2) is 4.98 Å². The minimum atomic E-state index is -0.907. The molecule has 1 aromatic heterocycles. The van der Waals surface area contributed by atoms with E-state index in [0.29, 0.717) is 29.4 Å². The lowest BCUT2D eigenvalue weighted by Crippen LogP contribution is -2.21. The maximum absolute atomic E-state index is 12.3. The van der Waals surface area contributed by atoms with Crippen molar-refractivity contribution in [3.63, 3.8) is 0 Å². The summed E-state index contributed by atoms with van der Waals surface area (Å²) in [6.45, 7) is 4.24. The zero-order chi connectivity index (χ0) is 20.1. The highest BCUT2D eigenvalue weighted by Gasteiger charge is 2.16. The monoisotopic (exact) mass is 401 g/mol. The van der Waals surface area contributed by atoms with Gasteiger partial charge in [-0.05, 0) is 49.6 Å². The molecular weight excluding hydrogens is 378 g/mol. The molecule has 3 rings (SSSR count). The summed E-state index contributed by atoms with van der Waals surface area (Å²) in [6.07, 6.45) is 3.11. The van der Waals surface area contributed by atoms with Gasteiger partial charge >= 0.3 is 0 Å². The van der Waals surface area contributed by atoms with Crippen molar-refractivity contribution in [2.75, 3.05) is 25.1 Å². The van der Waals surface area contributed by atoms with Crippen molar-refractivity contribution < 1.29 is 19.7 Å². The molecule has 7 nitrogen and oxygen atoms in total. The van der Waals surface area contributed by atoms with Gasteiger partial charge in [0.15, 0.2) is 5.13 Å². The van der Waals surface area contributed by atoms with Crippen LogP contribution in [0.25, 0.3) is 11.3 Å². The number of hydrogen-bond acceptors (Lipinski definition) is 7. The number of rotatable bonds is 7. The molecule has 2 heterocycles. The number of aromatic nitrogens is 1. The Kier molecular flexibility index (Phi) is 6.56. The number of amides is 1. The van der Waals surface area contributed by atoms with Gasteiger partial charge in [-0.3, -0.25) is 15.1 Å². The van der Waals surface area contributed by atoms with E-state index in [9.17, 15) is 9.90 Å². The molecular formula is C20H23N3O4S. The summed E-state index contributed by atoms with van der Waals surface area (Å²) < 4.78 is 5.53. The first-order chi connectivity index (χ1) is 13.5. The number of ether oxygens (including phenoxy) is 1. The quantitative estimate of drug-likeness (QED) is 0.661. The molecule has 1 aliphatic rings. The summed E-state index contributed by atoms with van der Waals surface area (Å²) in [7, 11) is 0. The minimum absolute atomic E-state index is 0.0299. The lowest BCUT2D eigenvalue weighted by molar-refractivity contribution is -0.113. The van der Waals surface area contributed by atoms with Gasteiger partial charge in [0.25, 0.3) is 5.91 Å². The number of thiazole rings is 1. The summed E-state index contributed by atoms with van der Waals surface area (Å²) in [5, 5.41) is 23.6. The average Bonchev–Trinajstić information content (AvgIpc) is 3.14. The molecule has 1 amide bonds. The number of aryl methyl sites for hydroxylation is 2. The highest BCUT2D eigenvalue weighted by Crippen LogP contribution is 2.33. The number of nitrogens with one attached hydrogen (secondary N) is 1. The second kappa shape index (κ2) is 9.09. The van der Waals surface area contributed by atoms with Crippen LogP contribution in [0, 0.1) is 13.8 Å². The molecule has 28 heavy (non-hydrogen) atoms. The average molecular weight is 401 g/mol. The van der Waals surface area contributed by atoms with Crippen LogP contribution in [0.5, 0.6) is 5.75 Å². The van der Waals surface area contributed by atoms with E-state index in [0.717, 1.165) is 22.4 Å². The number of dihydropyridines is 1. The smallest absolute Gasteiger partial charge is 0.253 e. The number of allylic oxidation sites excluding steroid dienone is 1. The molecule has 2 aromatic rings. The van der Waals surface area contributed by atoms with Crippen molar-refractivity contribution in [3.8, 4) is 17.0 Å². The van der Waals surface area contributed by atoms with Crippen LogP contribution in [0.4, 0.5) is 5.13 Å². The summed E-state index contributed by atoms with van der Waals surface area (Å²) >= 11 is 1.38. The predicted octanol–water partition coefficient (Wildman–Crippen LogP) is 2.50. The molecule has 8 heteroatoms. The fourth-order valence-corrected chi connectivity index (χ4v) is 3.65. The molecule has 1 unspecified atom stereocenters. The number of anilines is 1. The third-order valence-electron chi connectivity index (χ3n) is 4.32. The first-order valence-corrected chi connectivity index (χ1v) is 9.85. The van der Waals surface area contributed by atoms with Gasteiger partial charge in [-0.15, -0.1) is 11.3 Å². The molecule has 3 N–H and O–H groups in total. The summed E-state index contributed by atoms with van der Waals surface area (Å²) in [5.41, 5.74) is 4.42. The Balaban J connectivity index is 1.74. The molecule has 148 valence electrons. The maximum atomic E-state index is 12.3. The minimum Gasteiger partial charge on any atom is -0.491 e. The van der Waals surface area contributed by atoms with Crippen LogP contribution in [-0.2, 0) is 4.79 Å². The van der Waals surface area contributed by atoms with Gasteiger partial charge in [0.05, 0.1) is 12.3 Å². The SMILES string of the molecule is Cc1cc(OCC(O)CO)cc(C)c1-c1csc(NC(=O)C2=CC=NCC2)n1. The standard InChI is InChI=1S/C20H23N3O4S/c1-12-7-16(27-10-15(25)9-24)8-13(2)18(12)17-11-28-20(22-17)23-19(26)14-3-5-21-6-4-14/h3,5,7-8,11,15,24-25H,4,6,9-10H2,1-2H3,(H,22,23,26). The van der Waals surface area contributed by atoms with Gasteiger partial charge < -0.3 is 14.9 Å². The van der Waals surface area contributed by atoms with Crippen LogP contribution in [0.3, 0.4) is 0 Å². The van der Waals surface area contributed by atoms with E-state index >= 15 is 0 Å². The van der Waals surface area contributed by atoms with Crippen molar-refractivity contribution in [1.29, 1.82) is 0 Å². The first kappa shape index (κ1) is 20.2. The van der Waals surface area contributed by atoms with E-state index in [2.05, 4.69) is 15.3 Å². The summed E-state index contributed by atoms with van der Waals surface area (Å²) in [5.74, 6) is 0.479. The first-order valence-electron chi connectivity index (χ1n) is 8.97. The van der Waals surface area contributed by atoms with E-state index in [1.807, 2.05) is 31.4 Å². The molecule has 0 fully saturated rings. The van der Waals surface area contributed by atoms with Crippen molar-refractivity contribution in [3.05, 3.63) is 40.3 Å². The summed E-state index contributed by atoms with van der Waals surface area (Å²) in [4.78, 5) is 21.0. The molecule has 0 saturated carbocycles. The Morgan fingerprint density at radius 1 is 1.36 bits per heavy atom. The Bertz CT molecular complexity index is 897. The van der Waals surface area contributed by atoms with Gasteiger partial charge in [0, 0.05) is 29.3 Å². The lowest BCUT2D eigenvalue weighted by atomic mass is 10.0. The zero-order valence-corrected chi connectivity index (χ0v) is 16.6. The van der Waals surface area contributed by atoms with E-state index in [-0.39, 0.29) is 19.1 Å². The van der Waals surface area contributed by atoms with E-state index in [1.54, 1.807) is 12.3 Å². The second-order valence-electron chi connectivity index (χ2n) is 6.57. The molecule has 0 aliphatic carbocycles. The number of benzene rings is 1. The number of aliphatic hydroxyl groups excluding tert-OH is 2. The van der Waals surface area contributed by atoms with Crippen molar-refractivity contribution in [1.82, 2.24) is 4.98 Å². The Morgan fingerprint density at radius 2 is 2.11 bits per heavy atom. The predicted molar refractivity (Wildman–Crippen MR) is 110 cm³/mol. The van der Waals surface area contributed by atoms with Gasteiger partial charge in [0.2, 0.25) is 0 Å². The number of aliphatic imine (C=N–C) groups is 1. The number of carbonyl (C=O) groups is 1. The van der Waals surface area contributed by atoms with Crippen LogP contribution in [-0.4, -0.2) is 53.2 Å². The molecule has 1 aromatic carbocycles. The van der Waals surface area contributed by atoms with Gasteiger partial charge in [-0.1, -0.05) is 0 Å². The Labute approximate surface area is 167 Å². The van der Waals surface area contributed by atoms with Gasteiger partial charge in [-0.2, -0.15) is 0 Å². The van der Waals surface area contributed by atoms with E-state index < -0.39 is 6.10 Å². The van der Waals surface area contributed by atoms with Crippen LogP contribution in [0.15, 0.2) is 34.2 Å². The number of hydrogen-bond donors (Lipinski definition) is 3. The molecule has 0 bridgehead atoms. The normalized spacial score (nSPS) is 14.5. The van der Waals surface area contributed by atoms with Crippen molar-refractivity contribution in [2.24, 2.45) is 4.99 Å². The molecule has 0 radical (unpaired) electrons. The Hall–Kier alpha value is -2.55. The van der Waals surface area contributed by atoms with Crippen molar-refractivity contribution >= 4 is 28.6 Å². The molecule has 1 aliphatic heterocycles. The fraction of sp³-hybridized carbons (Fsp3) is 0.350. The molecule has 0 spiro atoms. The third kappa shape index (κ3) is 4.83. The third-order valence-corrected chi connectivity index (χ3v) is 5.08. The number of nitrogens with zero attached hydrogens (tertiary/aromatic N) is 2. The topological polar surface area (TPSA) is 104 Å². The van der Waals surface area contributed by atoms with E-state index in [1.165, 1.54) is 11.3 Å². The van der Waals surface area contributed by atoms with Crippen LogP contribution < -0.4 is 10.1 Å². The summed E-state index contributed by atoms with van der Waals surface area (Å²) in [6, 6.07) is 3.74. The van der Waals surface area contributed by atoms with Crippen LogP contribution in [0.2, 0.25) is 0 Å². The molecule has 0 saturated heterocycles. The highest BCUT2D eigenvalue weighted by molar-refractivity contribution is 7.14. The number of aliphatic hydroxyl groups is 2. The highest BCUT2D eigenvalue weighted by atomic mass is 32.1. The van der Waals surface area contributed by atoms with Crippen LogP contribution in [0.1, 0.15) is 17.5 Å². The Morgan fingerprint density at radius 3 is 2.75 bits per heavy atom. The lowest BCUT2D eigenvalue weighted by Gasteiger charge is -2.14. The van der Waals surface area contributed by atoms with Crippen molar-refractivity contribution in [2.45, 2.75) is 26.4 Å². The number of carbonyl (C=O) groups excluding carboxylic acids is 1. The zero-order valence-electron chi connectivity index (χ0n) is 15.8.